The number of amides is 1. The van der Waals surface area contributed by atoms with E-state index in [1.165, 1.54) is 12.1 Å². The molecular formula is C15H22Cl2N2O3S. The molecule has 0 aliphatic rings. The van der Waals surface area contributed by atoms with Crippen molar-refractivity contribution >= 4 is 39.1 Å². The molecule has 130 valence electrons. The minimum absolute atomic E-state index is 0.0216. The van der Waals surface area contributed by atoms with Crippen molar-refractivity contribution in [2.45, 2.75) is 32.6 Å². The van der Waals surface area contributed by atoms with Crippen molar-refractivity contribution in [1.82, 2.24) is 10.0 Å². The molecule has 0 aliphatic heterocycles. The van der Waals surface area contributed by atoms with Crippen molar-refractivity contribution in [3.63, 3.8) is 0 Å². The van der Waals surface area contributed by atoms with Crippen LogP contribution in [0, 0.1) is 11.8 Å². The Hall–Kier alpha value is -0.820. The Kier molecular flexibility index (Phi) is 7.32. The molecule has 1 aromatic carbocycles. The third-order valence-electron chi connectivity index (χ3n) is 2.91. The summed E-state index contributed by atoms with van der Waals surface area (Å²) >= 11 is 12.0. The van der Waals surface area contributed by atoms with Gasteiger partial charge in [-0.2, -0.15) is 0 Å². The molecular weight excluding hydrogens is 359 g/mol. The Labute approximate surface area is 147 Å². The first-order valence-corrected chi connectivity index (χ1v) is 9.55. The van der Waals surface area contributed by atoms with E-state index in [0.717, 1.165) is 0 Å². The average molecular weight is 381 g/mol. The molecule has 1 rings (SSSR count). The van der Waals surface area contributed by atoms with Crippen LogP contribution in [0.15, 0.2) is 17.0 Å². The van der Waals surface area contributed by atoms with Crippen LogP contribution < -0.4 is 10.0 Å². The zero-order valence-electron chi connectivity index (χ0n) is 13.6. The molecule has 0 spiro atoms. The number of hydrogen-bond donors (Lipinski definition) is 2. The molecule has 0 aromatic heterocycles. The number of halogens is 2. The number of sulfonamides is 1. The van der Waals surface area contributed by atoms with Gasteiger partial charge in [-0.15, -0.1) is 0 Å². The molecule has 0 atom stereocenters. The van der Waals surface area contributed by atoms with Crippen LogP contribution in [-0.4, -0.2) is 27.4 Å². The molecule has 0 unspecified atom stereocenters. The number of hydrogen-bond acceptors (Lipinski definition) is 3. The van der Waals surface area contributed by atoms with E-state index in [1.807, 2.05) is 27.7 Å². The van der Waals surface area contributed by atoms with Crippen LogP contribution in [0.4, 0.5) is 0 Å². The maximum absolute atomic E-state index is 12.3. The van der Waals surface area contributed by atoms with Crippen LogP contribution in [0.3, 0.4) is 0 Å². The van der Waals surface area contributed by atoms with E-state index in [1.54, 1.807) is 0 Å². The SMILES string of the molecule is CC(C)CNC(=O)c1cc(S(=O)(=O)NCC(C)C)c(Cl)cc1Cl. The van der Waals surface area contributed by atoms with Gasteiger partial charge in [0.05, 0.1) is 15.6 Å². The summed E-state index contributed by atoms with van der Waals surface area (Å²) in [5, 5.41) is 2.79. The molecule has 23 heavy (non-hydrogen) atoms. The largest absolute Gasteiger partial charge is 0.352 e. The van der Waals surface area contributed by atoms with Crippen molar-refractivity contribution in [3.8, 4) is 0 Å². The smallest absolute Gasteiger partial charge is 0.252 e. The fourth-order valence-corrected chi connectivity index (χ4v) is 3.73. The molecule has 0 bridgehead atoms. The maximum Gasteiger partial charge on any atom is 0.252 e. The Balaban J connectivity index is 3.15. The highest BCUT2D eigenvalue weighted by Gasteiger charge is 2.22. The Morgan fingerprint density at radius 2 is 1.61 bits per heavy atom. The van der Waals surface area contributed by atoms with Gasteiger partial charge in [0.1, 0.15) is 4.90 Å². The van der Waals surface area contributed by atoms with Crippen molar-refractivity contribution in [1.29, 1.82) is 0 Å². The van der Waals surface area contributed by atoms with Crippen molar-refractivity contribution in [2.24, 2.45) is 11.8 Å². The van der Waals surface area contributed by atoms with Gasteiger partial charge in [0.25, 0.3) is 5.91 Å². The van der Waals surface area contributed by atoms with E-state index in [9.17, 15) is 13.2 Å². The third-order valence-corrected chi connectivity index (χ3v) is 5.11. The molecule has 1 amide bonds. The number of carbonyl (C=O) groups is 1. The zero-order chi connectivity index (χ0) is 17.8. The first-order valence-electron chi connectivity index (χ1n) is 7.31. The number of nitrogens with one attached hydrogen (secondary N) is 2. The maximum atomic E-state index is 12.3. The summed E-state index contributed by atoms with van der Waals surface area (Å²) in [4.78, 5) is 12.0. The topological polar surface area (TPSA) is 75.3 Å². The summed E-state index contributed by atoms with van der Waals surface area (Å²) in [5.74, 6) is -0.0220. The van der Waals surface area contributed by atoms with Crippen LogP contribution in [0.2, 0.25) is 10.0 Å². The Bertz CT molecular complexity index is 674. The van der Waals surface area contributed by atoms with Gasteiger partial charge in [0.15, 0.2) is 0 Å². The molecule has 5 nitrogen and oxygen atoms in total. The van der Waals surface area contributed by atoms with Gasteiger partial charge >= 0.3 is 0 Å². The van der Waals surface area contributed by atoms with Crippen LogP contribution in [-0.2, 0) is 10.0 Å². The van der Waals surface area contributed by atoms with E-state index in [2.05, 4.69) is 10.0 Å². The quantitative estimate of drug-likeness (QED) is 0.761. The monoisotopic (exact) mass is 380 g/mol. The van der Waals surface area contributed by atoms with E-state index < -0.39 is 15.9 Å². The number of rotatable bonds is 7. The lowest BCUT2D eigenvalue weighted by Gasteiger charge is -2.13. The minimum Gasteiger partial charge on any atom is -0.352 e. The normalized spacial score (nSPS) is 12.0. The Morgan fingerprint density at radius 3 is 2.13 bits per heavy atom. The standard InChI is InChI=1S/C15H22Cl2N2O3S/c1-9(2)7-18-15(20)11-5-14(13(17)6-12(11)16)23(21,22)19-8-10(3)4/h5-6,9-10,19H,7-8H2,1-4H3,(H,18,20). The summed E-state index contributed by atoms with van der Waals surface area (Å²) in [5.41, 5.74) is 0.0849. The molecule has 0 fully saturated rings. The predicted molar refractivity (Wildman–Crippen MR) is 93.7 cm³/mol. The van der Waals surface area contributed by atoms with Gasteiger partial charge in [-0.05, 0) is 24.0 Å². The minimum atomic E-state index is -3.81. The second-order valence-corrected chi connectivity index (χ2v) is 8.66. The van der Waals surface area contributed by atoms with Gasteiger partial charge in [-0.1, -0.05) is 50.9 Å². The van der Waals surface area contributed by atoms with Crippen LogP contribution in [0.1, 0.15) is 38.1 Å². The first-order chi connectivity index (χ1) is 10.5. The lowest BCUT2D eigenvalue weighted by molar-refractivity contribution is 0.0949. The van der Waals surface area contributed by atoms with Gasteiger partial charge in [0.2, 0.25) is 10.0 Å². The first kappa shape index (κ1) is 20.2. The van der Waals surface area contributed by atoms with Crippen molar-refractivity contribution < 1.29 is 13.2 Å². The summed E-state index contributed by atoms with van der Waals surface area (Å²) < 4.78 is 27.1. The van der Waals surface area contributed by atoms with Crippen molar-refractivity contribution in [3.05, 3.63) is 27.7 Å². The highest BCUT2D eigenvalue weighted by atomic mass is 35.5. The molecule has 0 aliphatic carbocycles. The van der Waals surface area contributed by atoms with Crippen LogP contribution in [0.25, 0.3) is 0 Å². The number of carbonyl (C=O) groups excluding carboxylic acids is 1. The van der Waals surface area contributed by atoms with Gasteiger partial charge in [-0.3, -0.25) is 4.79 Å². The molecule has 1 aromatic rings. The summed E-state index contributed by atoms with van der Waals surface area (Å²) in [6.07, 6.45) is 0. The number of benzene rings is 1. The molecule has 8 heteroatoms. The molecule has 0 saturated carbocycles. The molecule has 0 saturated heterocycles. The fraction of sp³-hybridized carbons (Fsp3) is 0.533. The highest BCUT2D eigenvalue weighted by Crippen LogP contribution is 2.28. The van der Waals surface area contributed by atoms with Gasteiger partial charge < -0.3 is 5.32 Å². The molecule has 0 radical (unpaired) electrons. The second-order valence-electron chi connectivity index (χ2n) is 6.11. The third kappa shape index (κ3) is 5.95. The van der Waals surface area contributed by atoms with Gasteiger partial charge in [0, 0.05) is 13.1 Å². The predicted octanol–water partition coefficient (Wildman–Crippen LogP) is 3.31. The average Bonchev–Trinajstić information content (AvgIpc) is 2.42. The molecule has 0 heterocycles. The fourth-order valence-electron chi connectivity index (χ4n) is 1.66. The second kappa shape index (κ2) is 8.33. The highest BCUT2D eigenvalue weighted by molar-refractivity contribution is 7.89. The van der Waals surface area contributed by atoms with Crippen LogP contribution in [0.5, 0.6) is 0 Å². The van der Waals surface area contributed by atoms with E-state index in [-0.39, 0.29) is 38.9 Å². The van der Waals surface area contributed by atoms with E-state index in [0.29, 0.717) is 6.54 Å². The summed E-state index contributed by atoms with van der Waals surface area (Å²) in [6, 6.07) is 2.49. The van der Waals surface area contributed by atoms with Gasteiger partial charge in [-0.25, -0.2) is 13.1 Å². The lowest BCUT2D eigenvalue weighted by Crippen LogP contribution is -2.29. The van der Waals surface area contributed by atoms with Crippen LogP contribution >= 0.6 is 23.2 Å². The van der Waals surface area contributed by atoms with E-state index in [4.69, 9.17) is 23.2 Å². The summed E-state index contributed by atoms with van der Waals surface area (Å²) in [6.45, 7) is 8.42. The molecule has 2 N–H and O–H groups in total. The Morgan fingerprint density at radius 1 is 1.04 bits per heavy atom. The van der Waals surface area contributed by atoms with E-state index >= 15 is 0 Å². The zero-order valence-corrected chi connectivity index (χ0v) is 15.9. The van der Waals surface area contributed by atoms with Crippen molar-refractivity contribution in [2.75, 3.05) is 13.1 Å². The lowest BCUT2D eigenvalue weighted by atomic mass is 10.2. The summed E-state index contributed by atoms with van der Waals surface area (Å²) in [7, 11) is -3.81.